The van der Waals surface area contributed by atoms with Crippen molar-refractivity contribution in [2.75, 3.05) is 0 Å². The van der Waals surface area contributed by atoms with Gasteiger partial charge in [0.05, 0.1) is 5.66 Å². The highest BCUT2D eigenvalue weighted by molar-refractivity contribution is 7.93. The molecule has 0 radical (unpaired) electrons. The van der Waals surface area contributed by atoms with Gasteiger partial charge >= 0.3 is 0 Å². The number of rotatable bonds is 10. The first-order valence-electron chi connectivity index (χ1n) is 14.9. The predicted molar refractivity (Wildman–Crippen MR) is 196 cm³/mol. The van der Waals surface area contributed by atoms with Crippen molar-refractivity contribution in [1.29, 1.82) is 0 Å². The maximum absolute atomic E-state index is 15.6. The van der Waals surface area contributed by atoms with Gasteiger partial charge in [0.25, 0.3) is 0 Å². The minimum Gasteiger partial charge on any atom is -0.312 e. The summed E-state index contributed by atoms with van der Waals surface area (Å²) < 4.78 is 15.6. The number of hydrogen-bond acceptors (Lipinski definition) is 1. The van der Waals surface area contributed by atoms with Gasteiger partial charge in [-0.1, -0.05) is 183 Å². The topological polar surface area (TPSA) is 17.1 Å². The Morgan fingerprint density at radius 2 is 1.36 bits per heavy atom. The van der Waals surface area contributed by atoms with E-state index in [1.807, 2.05) is 67.7 Å². The average molecular weight is 609 g/mol. The zero-order valence-electron chi connectivity index (χ0n) is 25.2. The molecular weight excluding hydrogens is 570 g/mol. The summed E-state index contributed by atoms with van der Waals surface area (Å²) in [6.45, 7) is 3.55. The molecule has 0 saturated heterocycles. The van der Waals surface area contributed by atoms with E-state index in [1.165, 1.54) is 21.5 Å². The Kier molecular flexibility index (Phi) is 10.2. The van der Waals surface area contributed by atoms with Gasteiger partial charge in [0.1, 0.15) is 0 Å². The maximum Gasteiger partial charge on any atom is 0.157 e. The molecule has 44 heavy (non-hydrogen) atoms. The number of allylic oxidation sites excluding steroid dienone is 9. The molecule has 0 spiro atoms. The van der Waals surface area contributed by atoms with Gasteiger partial charge in [0, 0.05) is 11.7 Å². The van der Waals surface area contributed by atoms with Crippen molar-refractivity contribution in [2.24, 2.45) is 0 Å². The molecule has 0 N–H and O–H groups in total. The molecule has 218 valence electrons. The fourth-order valence-electron chi connectivity index (χ4n) is 5.76. The highest BCUT2D eigenvalue weighted by Crippen LogP contribution is 2.58. The predicted octanol–water partition coefficient (Wildman–Crippen LogP) is 8.53. The highest BCUT2D eigenvalue weighted by atomic mass is 31.2. The van der Waals surface area contributed by atoms with E-state index in [1.54, 1.807) is 6.08 Å². The first-order chi connectivity index (χ1) is 21.5. The molecule has 0 aliphatic heterocycles. The summed E-state index contributed by atoms with van der Waals surface area (Å²) >= 11 is 0. The Balaban J connectivity index is 1.69. The van der Waals surface area contributed by atoms with E-state index in [4.69, 9.17) is 6.30 Å². The van der Waals surface area contributed by atoms with Crippen molar-refractivity contribution in [1.82, 2.24) is 0 Å². The van der Waals surface area contributed by atoms with E-state index in [0.717, 1.165) is 16.2 Å². The van der Waals surface area contributed by atoms with Gasteiger partial charge in [-0.05, 0) is 52.6 Å². The molecule has 0 saturated carbocycles. The molecule has 5 rings (SSSR count). The summed E-state index contributed by atoms with van der Waals surface area (Å²) in [4.78, 5) is 0. The molecule has 0 heterocycles. The lowest BCUT2D eigenvalue weighted by atomic mass is 10.1. The third-order valence-corrected chi connectivity index (χ3v) is 15.1. The number of hydrogen-bond donors (Lipinski definition) is 0. The largest absolute Gasteiger partial charge is 0.312 e. The van der Waals surface area contributed by atoms with Gasteiger partial charge in [-0.25, -0.2) is 0 Å². The molecule has 1 nitrogen and oxygen atoms in total. The lowest BCUT2D eigenvalue weighted by Crippen LogP contribution is -2.28. The van der Waals surface area contributed by atoms with Gasteiger partial charge in [-0.3, -0.25) is 0 Å². The van der Waals surface area contributed by atoms with Crippen LogP contribution in [0, 0.1) is 11.8 Å². The minimum absolute atomic E-state index is 0.426. The molecular formula is C41H38OP2. The second-order valence-corrected chi connectivity index (χ2v) is 17.0. The molecule has 1 aliphatic rings. The van der Waals surface area contributed by atoms with Crippen LogP contribution in [0.1, 0.15) is 24.5 Å². The first kappa shape index (κ1) is 31.1. The van der Waals surface area contributed by atoms with Crippen LogP contribution in [0.4, 0.5) is 0 Å². The summed E-state index contributed by atoms with van der Waals surface area (Å²) in [6.07, 6.45) is 21.8. The molecule has 2 unspecified atom stereocenters. The van der Waals surface area contributed by atoms with Crippen molar-refractivity contribution < 1.29 is 4.57 Å². The van der Waals surface area contributed by atoms with Crippen LogP contribution in [0.2, 0.25) is 0 Å². The molecule has 3 heteroatoms. The molecule has 4 aromatic rings. The van der Waals surface area contributed by atoms with Crippen molar-refractivity contribution in [2.45, 2.75) is 25.4 Å². The zero-order valence-corrected chi connectivity index (χ0v) is 27.0. The SMILES string of the molecule is C=C/C=C\C=C(/C)P(=O)(c1ccccc1Cc1ccccc1P(=C)(c1ccccc1)c1ccccc1)C1C#CC/C=C\C=C/1. The normalized spacial score (nSPS) is 17.8. The van der Waals surface area contributed by atoms with Crippen molar-refractivity contribution in [3.05, 3.63) is 181 Å². The third-order valence-electron chi connectivity index (χ3n) is 8.04. The molecule has 0 fully saturated rings. The highest BCUT2D eigenvalue weighted by Gasteiger charge is 2.36. The van der Waals surface area contributed by atoms with E-state index in [2.05, 4.69) is 109 Å². The summed E-state index contributed by atoms with van der Waals surface area (Å²) in [5.41, 5.74) is 1.81. The van der Waals surface area contributed by atoms with Gasteiger partial charge in [-0.2, -0.15) is 0 Å². The summed E-state index contributed by atoms with van der Waals surface area (Å²) in [6, 6.07) is 38.2. The molecule has 2 atom stereocenters. The standard InChI is InChI=1S/C41H38OP2/c1-4-5-11-22-34(2)44(42,39-29-12-7-6-8-13-30-39)41-32-21-19-24-36(41)33-35-23-18-20-31-40(35)43(3,37-25-14-9-15-26-37)38-27-16-10-17-28-38/h4-7,9-12,14-29,31-32,39H,1,3,8,33H2,2H3/b7-6-,11-5-,29-12-,34-22+. The lowest BCUT2D eigenvalue weighted by molar-refractivity contribution is 0.584. The molecule has 0 aromatic heterocycles. The van der Waals surface area contributed by atoms with E-state index in [-0.39, 0.29) is 0 Å². The van der Waals surface area contributed by atoms with Crippen LogP contribution < -0.4 is 21.2 Å². The maximum atomic E-state index is 15.6. The van der Waals surface area contributed by atoms with Crippen LogP contribution in [-0.4, -0.2) is 12.0 Å². The molecule has 0 bridgehead atoms. The van der Waals surface area contributed by atoms with E-state index in [0.29, 0.717) is 12.8 Å². The van der Waals surface area contributed by atoms with Crippen LogP contribution in [0.25, 0.3) is 0 Å². The Morgan fingerprint density at radius 1 is 0.795 bits per heavy atom. The first-order valence-corrected chi connectivity index (χ1v) is 18.6. The minimum atomic E-state index is -3.20. The zero-order chi connectivity index (χ0) is 30.8. The summed E-state index contributed by atoms with van der Waals surface area (Å²) in [5, 5.41) is 5.37. The van der Waals surface area contributed by atoms with Crippen LogP contribution in [-0.2, 0) is 11.0 Å². The quantitative estimate of drug-likeness (QED) is 0.100. The average Bonchev–Trinajstić information content (AvgIpc) is 3.05. The monoisotopic (exact) mass is 608 g/mol. The van der Waals surface area contributed by atoms with Gasteiger partial charge < -0.3 is 4.57 Å². The smallest absolute Gasteiger partial charge is 0.157 e. The summed E-state index contributed by atoms with van der Waals surface area (Å²) in [7, 11) is -3.20. The van der Waals surface area contributed by atoms with Gasteiger partial charge in [-0.15, -0.1) is 0 Å². The van der Waals surface area contributed by atoms with Crippen LogP contribution in [0.3, 0.4) is 0 Å². The van der Waals surface area contributed by atoms with Crippen molar-refractivity contribution >= 4 is 41.5 Å². The second-order valence-electron chi connectivity index (χ2n) is 10.8. The van der Waals surface area contributed by atoms with E-state index in [9.17, 15) is 0 Å². The Hall–Kier alpha value is -4.33. The lowest BCUT2D eigenvalue weighted by Gasteiger charge is -2.30. The molecule has 4 aromatic carbocycles. The Labute approximate surface area is 263 Å². The van der Waals surface area contributed by atoms with Gasteiger partial charge in [0.2, 0.25) is 0 Å². The Bertz CT molecular complexity index is 1850. The molecule has 0 amide bonds. The van der Waals surface area contributed by atoms with Crippen LogP contribution in [0.15, 0.2) is 170 Å². The van der Waals surface area contributed by atoms with Crippen molar-refractivity contribution in [3.63, 3.8) is 0 Å². The summed E-state index contributed by atoms with van der Waals surface area (Å²) in [5.74, 6) is 6.60. The number of benzene rings is 4. The third kappa shape index (κ3) is 6.44. The van der Waals surface area contributed by atoms with Gasteiger partial charge in [0.15, 0.2) is 7.14 Å². The second kappa shape index (κ2) is 14.4. The van der Waals surface area contributed by atoms with E-state index < -0.39 is 19.7 Å². The fourth-order valence-corrected chi connectivity index (χ4v) is 11.9. The van der Waals surface area contributed by atoms with Crippen molar-refractivity contribution in [3.8, 4) is 11.8 Å². The van der Waals surface area contributed by atoms with Crippen LogP contribution in [0.5, 0.6) is 0 Å². The van der Waals surface area contributed by atoms with Crippen LogP contribution >= 0.6 is 14.0 Å². The fraction of sp³-hybridized carbons (Fsp3) is 0.0976. The molecule has 1 aliphatic carbocycles. The Morgan fingerprint density at radius 3 is 2.00 bits per heavy atom. The van der Waals surface area contributed by atoms with E-state index >= 15 is 4.57 Å².